The molecule has 7 heteroatoms. The van der Waals surface area contributed by atoms with Gasteiger partial charge in [-0.1, -0.05) is 6.07 Å². The number of hydrogen-bond donors (Lipinski definition) is 1. The molecule has 3 rings (SSSR count). The van der Waals surface area contributed by atoms with Crippen molar-refractivity contribution in [3.63, 3.8) is 0 Å². The maximum Gasteiger partial charge on any atom is 0.215 e. The molecule has 0 amide bonds. The molecule has 2 heterocycles. The van der Waals surface area contributed by atoms with E-state index in [4.69, 9.17) is 0 Å². The van der Waals surface area contributed by atoms with Gasteiger partial charge in [-0.05, 0) is 41.1 Å². The van der Waals surface area contributed by atoms with E-state index >= 15 is 0 Å². The fourth-order valence-corrected chi connectivity index (χ4v) is 2.43. The molecule has 1 fully saturated rings. The lowest BCUT2D eigenvalue weighted by molar-refractivity contribution is 0.278. The monoisotopic (exact) mass is 249 g/mol. The Labute approximate surface area is 102 Å². The number of aromatic nitrogens is 5. The van der Waals surface area contributed by atoms with Gasteiger partial charge in [0.25, 0.3) is 0 Å². The average molecular weight is 249 g/mol. The molecule has 1 N–H and O–H groups in total. The standard InChI is InChI=1S/C10H11N5OS/c16-6-7-2-1-5-11-9(7)17-10-12-13-14-15(10)8-3-4-8/h1-2,5,8,16H,3-4,6H2. The van der Waals surface area contributed by atoms with Crippen LogP contribution in [-0.2, 0) is 6.61 Å². The molecular weight excluding hydrogens is 238 g/mol. The third-order valence-corrected chi connectivity index (χ3v) is 3.58. The Hall–Kier alpha value is -1.47. The predicted molar refractivity (Wildman–Crippen MR) is 60.4 cm³/mol. The summed E-state index contributed by atoms with van der Waals surface area (Å²) in [6.45, 7) is -0.0266. The Morgan fingerprint density at radius 1 is 1.47 bits per heavy atom. The minimum Gasteiger partial charge on any atom is -0.392 e. The minimum absolute atomic E-state index is 0.0266. The number of aliphatic hydroxyl groups excluding tert-OH is 1. The van der Waals surface area contributed by atoms with Crippen LogP contribution < -0.4 is 0 Å². The first-order valence-electron chi connectivity index (χ1n) is 5.39. The summed E-state index contributed by atoms with van der Waals surface area (Å²) < 4.78 is 1.83. The Morgan fingerprint density at radius 2 is 2.35 bits per heavy atom. The first kappa shape index (κ1) is 10.7. The topological polar surface area (TPSA) is 76.7 Å². The molecule has 0 unspecified atom stereocenters. The van der Waals surface area contributed by atoms with E-state index in [0.29, 0.717) is 6.04 Å². The zero-order valence-corrected chi connectivity index (χ0v) is 9.84. The largest absolute Gasteiger partial charge is 0.392 e. The van der Waals surface area contributed by atoms with Crippen LogP contribution in [0.5, 0.6) is 0 Å². The quantitative estimate of drug-likeness (QED) is 0.872. The highest BCUT2D eigenvalue weighted by Crippen LogP contribution is 2.38. The zero-order valence-electron chi connectivity index (χ0n) is 9.02. The van der Waals surface area contributed by atoms with Gasteiger partial charge in [0.2, 0.25) is 5.16 Å². The fourth-order valence-electron chi connectivity index (χ4n) is 1.52. The van der Waals surface area contributed by atoms with E-state index in [1.54, 1.807) is 12.3 Å². The molecule has 88 valence electrons. The lowest BCUT2D eigenvalue weighted by atomic mass is 10.3. The number of hydrogen-bond acceptors (Lipinski definition) is 6. The van der Waals surface area contributed by atoms with E-state index < -0.39 is 0 Å². The van der Waals surface area contributed by atoms with Crippen molar-refractivity contribution in [1.29, 1.82) is 0 Å². The summed E-state index contributed by atoms with van der Waals surface area (Å²) in [7, 11) is 0. The fraction of sp³-hybridized carbons (Fsp3) is 0.400. The number of tetrazole rings is 1. The second-order valence-corrected chi connectivity index (χ2v) is 4.82. The van der Waals surface area contributed by atoms with E-state index in [-0.39, 0.29) is 6.61 Å². The van der Waals surface area contributed by atoms with E-state index in [0.717, 1.165) is 28.6 Å². The first-order valence-corrected chi connectivity index (χ1v) is 6.20. The van der Waals surface area contributed by atoms with Gasteiger partial charge < -0.3 is 5.11 Å². The van der Waals surface area contributed by atoms with E-state index in [9.17, 15) is 5.11 Å². The van der Waals surface area contributed by atoms with Gasteiger partial charge in [-0.3, -0.25) is 0 Å². The first-order chi connectivity index (χ1) is 8.38. The van der Waals surface area contributed by atoms with Gasteiger partial charge in [0.1, 0.15) is 5.03 Å². The summed E-state index contributed by atoms with van der Waals surface area (Å²) >= 11 is 1.40. The second-order valence-electron chi connectivity index (χ2n) is 3.87. The van der Waals surface area contributed by atoms with Gasteiger partial charge in [0.05, 0.1) is 12.6 Å². The van der Waals surface area contributed by atoms with Crippen molar-refractivity contribution >= 4 is 11.8 Å². The van der Waals surface area contributed by atoms with Crippen LogP contribution >= 0.6 is 11.8 Å². The zero-order chi connectivity index (χ0) is 11.7. The van der Waals surface area contributed by atoms with Gasteiger partial charge in [-0.25, -0.2) is 9.67 Å². The van der Waals surface area contributed by atoms with Crippen molar-refractivity contribution in [1.82, 2.24) is 25.2 Å². The number of nitrogens with zero attached hydrogens (tertiary/aromatic N) is 5. The lowest BCUT2D eigenvalue weighted by Gasteiger charge is -2.04. The van der Waals surface area contributed by atoms with Crippen LogP contribution in [0.2, 0.25) is 0 Å². The molecule has 0 saturated heterocycles. The van der Waals surface area contributed by atoms with Gasteiger partial charge in [-0.2, -0.15) is 0 Å². The molecule has 0 bridgehead atoms. The van der Waals surface area contributed by atoms with Gasteiger partial charge in [0, 0.05) is 11.8 Å². The normalized spacial score (nSPS) is 15.1. The molecule has 1 aliphatic carbocycles. The smallest absolute Gasteiger partial charge is 0.215 e. The SMILES string of the molecule is OCc1cccnc1Sc1nnnn1C1CC1. The van der Waals surface area contributed by atoms with Crippen LogP contribution in [0.3, 0.4) is 0 Å². The Kier molecular flexibility index (Phi) is 2.77. The van der Waals surface area contributed by atoms with Crippen LogP contribution in [0, 0.1) is 0 Å². The van der Waals surface area contributed by atoms with Crippen molar-refractivity contribution in [3.05, 3.63) is 23.9 Å². The van der Waals surface area contributed by atoms with Crippen molar-refractivity contribution < 1.29 is 5.11 Å². The molecule has 17 heavy (non-hydrogen) atoms. The molecule has 0 aromatic carbocycles. The highest BCUT2D eigenvalue weighted by Gasteiger charge is 2.28. The number of rotatable bonds is 4. The maximum absolute atomic E-state index is 9.23. The van der Waals surface area contributed by atoms with Crippen molar-refractivity contribution in [2.75, 3.05) is 0 Å². The number of aliphatic hydroxyl groups is 1. The molecule has 6 nitrogen and oxygen atoms in total. The Morgan fingerprint density at radius 3 is 3.12 bits per heavy atom. The molecule has 2 aromatic heterocycles. The maximum atomic E-state index is 9.23. The third-order valence-electron chi connectivity index (χ3n) is 2.56. The van der Waals surface area contributed by atoms with Crippen LogP contribution in [0.1, 0.15) is 24.4 Å². The third kappa shape index (κ3) is 2.16. The van der Waals surface area contributed by atoms with E-state index in [1.165, 1.54) is 11.8 Å². The van der Waals surface area contributed by atoms with Crippen LogP contribution in [0.15, 0.2) is 28.5 Å². The molecule has 0 atom stereocenters. The summed E-state index contributed by atoms with van der Waals surface area (Å²) in [5.74, 6) is 0. The summed E-state index contributed by atoms with van der Waals surface area (Å²) in [5, 5.41) is 22.4. The summed E-state index contributed by atoms with van der Waals surface area (Å²) in [5.41, 5.74) is 0.794. The molecular formula is C10H11N5OS. The van der Waals surface area contributed by atoms with Crippen molar-refractivity contribution in [2.24, 2.45) is 0 Å². The minimum atomic E-state index is -0.0266. The summed E-state index contributed by atoms with van der Waals surface area (Å²) in [4.78, 5) is 4.24. The van der Waals surface area contributed by atoms with Crippen molar-refractivity contribution in [2.45, 2.75) is 35.7 Å². The Bertz CT molecular complexity index is 525. The average Bonchev–Trinajstić information content (AvgIpc) is 3.11. The molecule has 1 aliphatic rings. The van der Waals surface area contributed by atoms with Crippen LogP contribution in [-0.4, -0.2) is 30.3 Å². The van der Waals surface area contributed by atoms with Crippen molar-refractivity contribution in [3.8, 4) is 0 Å². The van der Waals surface area contributed by atoms with Gasteiger partial charge in [0.15, 0.2) is 0 Å². The summed E-state index contributed by atoms with van der Waals surface area (Å²) in [6.07, 6.45) is 3.97. The second kappa shape index (κ2) is 4.42. The van der Waals surface area contributed by atoms with Gasteiger partial charge >= 0.3 is 0 Å². The summed E-state index contributed by atoms with van der Waals surface area (Å²) in [6, 6.07) is 4.09. The molecule has 0 aliphatic heterocycles. The molecule has 2 aromatic rings. The van der Waals surface area contributed by atoms with Crippen LogP contribution in [0.25, 0.3) is 0 Å². The highest BCUT2D eigenvalue weighted by molar-refractivity contribution is 7.99. The van der Waals surface area contributed by atoms with Crippen LogP contribution in [0.4, 0.5) is 0 Å². The Balaban J connectivity index is 1.88. The van der Waals surface area contributed by atoms with E-state index in [2.05, 4.69) is 20.5 Å². The lowest BCUT2D eigenvalue weighted by Crippen LogP contribution is -1.99. The number of pyridine rings is 1. The highest BCUT2D eigenvalue weighted by atomic mass is 32.2. The van der Waals surface area contributed by atoms with E-state index in [1.807, 2.05) is 10.7 Å². The molecule has 0 spiro atoms. The predicted octanol–water partition coefficient (Wildman–Crippen LogP) is 1.05. The van der Waals surface area contributed by atoms with Gasteiger partial charge in [-0.15, -0.1) is 5.10 Å². The molecule has 1 saturated carbocycles. The molecule has 0 radical (unpaired) electrons.